The van der Waals surface area contributed by atoms with Crippen LogP contribution in [0, 0.1) is 21.4 Å². The van der Waals surface area contributed by atoms with Crippen LogP contribution in [0.15, 0.2) is 35.6 Å². The number of carbonyl (C=O) groups excluding carboxylic acids is 2. The van der Waals surface area contributed by atoms with Crippen molar-refractivity contribution < 1.29 is 19.6 Å². The van der Waals surface area contributed by atoms with Crippen LogP contribution in [0.1, 0.15) is 57.4 Å². The molecule has 0 amide bonds. The lowest BCUT2D eigenvalue weighted by molar-refractivity contribution is -0.384. The lowest BCUT2D eigenvalue weighted by Crippen LogP contribution is -2.34. The molecule has 0 aromatic heterocycles. The lowest BCUT2D eigenvalue weighted by atomic mass is 9.68. The summed E-state index contributed by atoms with van der Waals surface area (Å²) in [6.07, 6.45) is 3.15. The first-order valence-corrected chi connectivity index (χ1v) is 8.93. The molecule has 6 heteroatoms. The Kier molecular flexibility index (Phi) is 4.69. The van der Waals surface area contributed by atoms with Gasteiger partial charge >= 0.3 is 0 Å². The predicted octanol–water partition coefficient (Wildman–Crippen LogP) is 4.25. The van der Waals surface area contributed by atoms with E-state index in [4.69, 9.17) is 0 Å². The van der Waals surface area contributed by atoms with Crippen molar-refractivity contribution in [2.24, 2.45) is 11.3 Å². The van der Waals surface area contributed by atoms with E-state index < -0.39 is 16.3 Å². The van der Waals surface area contributed by atoms with Crippen molar-refractivity contribution >= 4 is 17.3 Å². The molecule has 2 saturated carbocycles. The molecular weight excluding hydrogens is 334 g/mol. The molecule has 3 rings (SSSR count). The van der Waals surface area contributed by atoms with Crippen LogP contribution >= 0.6 is 0 Å². The van der Waals surface area contributed by atoms with Crippen LogP contribution in [-0.2, 0) is 9.59 Å². The molecule has 0 spiro atoms. The maximum absolute atomic E-state index is 12.6. The minimum Gasteiger partial charge on any atom is -0.511 e. The predicted molar refractivity (Wildman–Crippen MR) is 95.9 cm³/mol. The third-order valence-corrected chi connectivity index (χ3v) is 5.45. The number of ketones is 2. The van der Waals surface area contributed by atoms with Gasteiger partial charge in [-0.25, -0.2) is 0 Å². The Hall–Kier alpha value is -2.50. The SMILES string of the molecule is CC1(C)CC(=O)C(=C(O)C(c2cccc([N+](=O)[O-])c2)C2CCC2)C(=O)C1. The van der Waals surface area contributed by atoms with Crippen molar-refractivity contribution in [3.63, 3.8) is 0 Å². The van der Waals surface area contributed by atoms with Gasteiger partial charge in [-0.15, -0.1) is 0 Å². The fraction of sp³-hybridized carbons (Fsp3) is 0.500. The van der Waals surface area contributed by atoms with Crippen molar-refractivity contribution in [3.05, 3.63) is 51.3 Å². The van der Waals surface area contributed by atoms with E-state index in [0.717, 1.165) is 19.3 Å². The van der Waals surface area contributed by atoms with Gasteiger partial charge in [0.25, 0.3) is 5.69 Å². The van der Waals surface area contributed by atoms with Crippen LogP contribution in [0.5, 0.6) is 0 Å². The highest BCUT2D eigenvalue weighted by molar-refractivity contribution is 6.22. The molecule has 1 aromatic rings. The zero-order valence-electron chi connectivity index (χ0n) is 15.0. The second-order valence-electron chi connectivity index (χ2n) is 8.15. The number of aliphatic hydroxyl groups is 1. The van der Waals surface area contributed by atoms with Gasteiger partial charge in [-0.3, -0.25) is 19.7 Å². The molecule has 1 aromatic carbocycles. The number of nitro groups is 1. The first-order chi connectivity index (χ1) is 12.2. The number of non-ortho nitro benzene ring substituents is 1. The number of aliphatic hydroxyl groups excluding tert-OH is 1. The summed E-state index contributed by atoms with van der Waals surface area (Å²) in [7, 11) is 0. The molecule has 2 aliphatic carbocycles. The summed E-state index contributed by atoms with van der Waals surface area (Å²) in [4.78, 5) is 35.7. The average Bonchev–Trinajstić information content (AvgIpc) is 2.48. The van der Waals surface area contributed by atoms with Crippen molar-refractivity contribution in [3.8, 4) is 0 Å². The molecule has 0 aliphatic heterocycles. The average molecular weight is 357 g/mol. The van der Waals surface area contributed by atoms with Gasteiger partial charge in [0.1, 0.15) is 5.76 Å². The van der Waals surface area contributed by atoms with Crippen molar-refractivity contribution in [2.45, 2.75) is 51.9 Å². The number of carbonyl (C=O) groups is 2. The van der Waals surface area contributed by atoms with E-state index >= 15 is 0 Å². The molecule has 0 saturated heterocycles. The fourth-order valence-corrected chi connectivity index (χ4v) is 3.96. The second kappa shape index (κ2) is 6.67. The summed E-state index contributed by atoms with van der Waals surface area (Å²) < 4.78 is 0. The highest BCUT2D eigenvalue weighted by Gasteiger charge is 2.41. The molecule has 2 fully saturated rings. The van der Waals surface area contributed by atoms with Crippen LogP contribution in [0.4, 0.5) is 5.69 Å². The van der Waals surface area contributed by atoms with E-state index in [1.807, 2.05) is 13.8 Å². The standard InChI is InChI=1S/C20H23NO5/c1-20(2)10-15(22)18(16(23)11-20)19(24)17(12-5-3-6-12)13-7-4-8-14(9-13)21(25)26/h4,7-9,12,17,24H,3,5-6,10-11H2,1-2H3. The van der Waals surface area contributed by atoms with E-state index in [-0.39, 0.29) is 47.3 Å². The summed E-state index contributed by atoms with van der Waals surface area (Å²) in [6, 6.07) is 6.12. The Morgan fingerprint density at radius 3 is 2.35 bits per heavy atom. The minimum atomic E-state index is -0.548. The van der Waals surface area contributed by atoms with Crippen LogP contribution < -0.4 is 0 Å². The largest absolute Gasteiger partial charge is 0.511 e. The first-order valence-electron chi connectivity index (χ1n) is 8.93. The van der Waals surface area contributed by atoms with Gasteiger partial charge in [-0.05, 0) is 29.7 Å². The Morgan fingerprint density at radius 2 is 1.85 bits per heavy atom. The quantitative estimate of drug-likeness (QED) is 0.286. The number of hydrogen-bond donors (Lipinski definition) is 1. The molecule has 2 aliphatic rings. The third-order valence-electron chi connectivity index (χ3n) is 5.45. The maximum atomic E-state index is 12.6. The highest BCUT2D eigenvalue weighted by atomic mass is 16.6. The Morgan fingerprint density at radius 1 is 1.23 bits per heavy atom. The van der Waals surface area contributed by atoms with Crippen molar-refractivity contribution in [2.75, 3.05) is 0 Å². The highest BCUT2D eigenvalue weighted by Crippen LogP contribution is 2.45. The number of Topliss-reactive ketones (excluding diaryl/α,β-unsaturated/α-hetero) is 2. The summed E-state index contributed by atoms with van der Waals surface area (Å²) in [5, 5.41) is 22.0. The van der Waals surface area contributed by atoms with E-state index in [2.05, 4.69) is 0 Å². The Bertz CT molecular complexity index is 782. The zero-order valence-corrected chi connectivity index (χ0v) is 15.0. The van der Waals surface area contributed by atoms with Gasteiger partial charge in [0.05, 0.1) is 10.5 Å². The molecule has 0 bridgehead atoms. The maximum Gasteiger partial charge on any atom is 0.269 e. The lowest BCUT2D eigenvalue weighted by Gasteiger charge is -2.36. The van der Waals surface area contributed by atoms with Crippen molar-refractivity contribution in [1.29, 1.82) is 0 Å². The molecular formula is C20H23NO5. The normalized spacial score (nSPS) is 21.2. The van der Waals surface area contributed by atoms with Gasteiger partial charge in [0, 0.05) is 30.9 Å². The molecule has 138 valence electrons. The summed E-state index contributed by atoms with van der Waals surface area (Å²) in [5.41, 5.74) is 0.00856. The molecule has 0 radical (unpaired) electrons. The smallest absolute Gasteiger partial charge is 0.269 e. The summed E-state index contributed by atoms with van der Waals surface area (Å²) >= 11 is 0. The molecule has 1 atom stereocenters. The number of nitro benzene ring substituents is 1. The molecule has 1 N–H and O–H groups in total. The van der Waals surface area contributed by atoms with Crippen LogP contribution in [0.25, 0.3) is 0 Å². The van der Waals surface area contributed by atoms with E-state index in [9.17, 15) is 24.8 Å². The summed E-state index contributed by atoms with van der Waals surface area (Å²) in [6.45, 7) is 3.72. The van der Waals surface area contributed by atoms with E-state index in [0.29, 0.717) is 5.56 Å². The fourth-order valence-electron chi connectivity index (χ4n) is 3.96. The van der Waals surface area contributed by atoms with Crippen LogP contribution in [0.3, 0.4) is 0 Å². The molecule has 1 unspecified atom stereocenters. The molecule has 6 nitrogen and oxygen atoms in total. The Balaban J connectivity index is 2.06. The minimum absolute atomic E-state index is 0.0629. The third kappa shape index (κ3) is 3.41. The molecule has 26 heavy (non-hydrogen) atoms. The number of nitrogens with zero attached hydrogens (tertiary/aromatic N) is 1. The van der Waals surface area contributed by atoms with Gasteiger partial charge in [-0.1, -0.05) is 32.4 Å². The van der Waals surface area contributed by atoms with Gasteiger partial charge in [-0.2, -0.15) is 0 Å². The number of allylic oxidation sites excluding steroid dienone is 2. The van der Waals surface area contributed by atoms with Crippen LogP contribution in [-0.4, -0.2) is 21.6 Å². The second-order valence-corrected chi connectivity index (χ2v) is 8.15. The van der Waals surface area contributed by atoms with E-state index in [1.165, 1.54) is 12.1 Å². The Labute approximate surface area is 152 Å². The number of rotatable bonds is 4. The monoisotopic (exact) mass is 357 g/mol. The summed E-state index contributed by atoms with van der Waals surface area (Å²) in [5.74, 6) is -1.34. The topological polar surface area (TPSA) is 97.5 Å². The van der Waals surface area contributed by atoms with Gasteiger partial charge in [0.15, 0.2) is 11.6 Å². The number of benzene rings is 1. The van der Waals surface area contributed by atoms with Crippen LogP contribution in [0.2, 0.25) is 0 Å². The number of hydrogen-bond acceptors (Lipinski definition) is 5. The van der Waals surface area contributed by atoms with E-state index in [1.54, 1.807) is 12.1 Å². The zero-order chi connectivity index (χ0) is 19.1. The van der Waals surface area contributed by atoms with Gasteiger partial charge < -0.3 is 5.11 Å². The first kappa shape index (κ1) is 18.3. The van der Waals surface area contributed by atoms with Gasteiger partial charge in [0.2, 0.25) is 0 Å². The van der Waals surface area contributed by atoms with Crippen molar-refractivity contribution in [1.82, 2.24) is 0 Å². The molecule has 0 heterocycles.